The quantitative estimate of drug-likeness (QED) is 0.877. The summed E-state index contributed by atoms with van der Waals surface area (Å²) in [5, 5.41) is 9.18. The highest BCUT2D eigenvalue weighted by atomic mass is 32.2. The van der Waals surface area contributed by atoms with Gasteiger partial charge in [0, 0.05) is 18.9 Å². The predicted octanol–water partition coefficient (Wildman–Crippen LogP) is 1.50. The van der Waals surface area contributed by atoms with Crippen LogP contribution in [0.2, 0.25) is 0 Å². The smallest absolute Gasteiger partial charge is 0.241 e. The molecule has 0 saturated heterocycles. The maximum absolute atomic E-state index is 13.3. The zero-order chi connectivity index (χ0) is 15.5. The molecular formula is C14H15FN2O3S. The lowest BCUT2D eigenvalue weighted by Crippen LogP contribution is -2.25. The zero-order valence-electron chi connectivity index (χ0n) is 11.4. The molecule has 0 aliphatic heterocycles. The number of halogens is 1. The number of sulfonamides is 1. The molecule has 1 heterocycles. The summed E-state index contributed by atoms with van der Waals surface area (Å²) in [4.78, 5) is 3.67. The zero-order valence-corrected chi connectivity index (χ0v) is 12.2. The van der Waals surface area contributed by atoms with Crippen molar-refractivity contribution in [1.82, 2.24) is 9.71 Å². The lowest BCUT2D eigenvalue weighted by Gasteiger charge is -2.11. The van der Waals surface area contributed by atoms with Crippen LogP contribution in [0.1, 0.15) is 16.7 Å². The van der Waals surface area contributed by atoms with Crippen molar-refractivity contribution in [3.63, 3.8) is 0 Å². The Kier molecular flexibility index (Phi) is 4.66. The van der Waals surface area contributed by atoms with Crippen LogP contribution in [-0.4, -0.2) is 18.5 Å². The summed E-state index contributed by atoms with van der Waals surface area (Å²) in [5.74, 6) is -0.676. The summed E-state index contributed by atoms with van der Waals surface area (Å²) in [6.07, 6.45) is 3.18. The van der Waals surface area contributed by atoms with E-state index in [9.17, 15) is 17.9 Å². The van der Waals surface area contributed by atoms with Gasteiger partial charge in [-0.15, -0.1) is 0 Å². The Hall–Kier alpha value is -1.83. The van der Waals surface area contributed by atoms with Crippen molar-refractivity contribution in [2.75, 3.05) is 0 Å². The van der Waals surface area contributed by atoms with Crippen LogP contribution in [0.4, 0.5) is 4.39 Å². The van der Waals surface area contributed by atoms with E-state index in [0.29, 0.717) is 0 Å². The molecule has 5 nitrogen and oxygen atoms in total. The molecule has 0 spiro atoms. The number of benzene rings is 1. The van der Waals surface area contributed by atoms with Crippen molar-refractivity contribution in [2.24, 2.45) is 0 Å². The van der Waals surface area contributed by atoms with Crippen LogP contribution in [-0.2, 0) is 23.2 Å². The van der Waals surface area contributed by atoms with E-state index >= 15 is 0 Å². The highest BCUT2D eigenvalue weighted by Gasteiger charge is 2.19. The molecule has 0 radical (unpaired) electrons. The van der Waals surface area contributed by atoms with Gasteiger partial charge in [-0.1, -0.05) is 6.07 Å². The van der Waals surface area contributed by atoms with Crippen molar-refractivity contribution >= 4 is 10.0 Å². The average molecular weight is 310 g/mol. The van der Waals surface area contributed by atoms with Crippen LogP contribution in [0.25, 0.3) is 0 Å². The van der Waals surface area contributed by atoms with Crippen LogP contribution < -0.4 is 4.72 Å². The van der Waals surface area contributed by atoms with E-state index in [0.717, 1.165) is 23.3 Å². The lowest BCUT2D eigenvalue weighted by atomic mass is 10.2. The fraction of sp³-hybridized carbons (Fsp3) is 0.214. The Morgan fingerprint density at radius 2 is 2.05 bits per heavy atom. The fourth-order valence-corrected chi connectivity index (χ4v) is 3.09. The van der Waals surface area contributed by atoms with E-state index in [-0.39, 0.29) is 17.0 Å². The molecule has 112 valence electrons. The van der Waals surface area contributed by atoms with Crippen molar-refractivity contribution in [2.45, 2.75) is 25.0 Å². The van der Waals surface area contributed by atoms with Crippen molar-refractivity contribution < 1.29 is 17.9 Å². The maximum atomic E-state index is 13.3. The van der Waals surface area contributed by atoms with Gasteiger partial charge < -0.3 is 5.11 Å². The second-order valence-corrected chi connectivity index (χ2v) is 6.27. The highest BCUT2D eigenvalue weighted by Crippen LogP contribution is 2.18. The molecule has 2 aromatic rings. The van der Waals surface area contributed by atoms with Gasteiger partial charge in [0.15, 0.2) is 0 Å². The van der Waals surface area contributed by atoms with Crippen LogP contribution >= 0.6 is 0 Å². The number of pyridine rings is 1. The number of aryl methyl sites for hydroxylation is 1. The Bertz CT molecular complexity index is 748. The van der Waals surface area contributed by atoms with Gasteiger partial charge in [0.05, 0.1) is 11.5 Å². The first-order chi connectivity index (χ1) is 9.94. The molecule has 2 rings (SSSR count). The molecule has 1 aromatic carbocycles. The Balaban J connectivity index is 2.27. The van der Waals surface area contributed by atoms with Crippen LogP contribution in [0, 0.1) is 12.7 Å². The normalized spacial score (nSPS) is 11.6. The van der Waals surface area contributed by atoms with Crippen molar-refractivity contribution in [3.05, 3.63) is 59.2 Å². The molecule has 1 aromatic heterocycles. The van der Waals surface area contributed by atoms with E-state index in [1.54, 1.807) is 18.5 Å². The minimum Gasteiger partial charge on any atom is -0.392 e. The fourth-order valence-electron chi connectivity index (χ4n) is 1.84. The molecule has 7 heteroatoms. The minimum atomic E-state index is -3.92. The standard InChI is InChI=1S/C14H15FN2O3S/c1-10-4-5-16-7-12(10)8-17-21(19,20)14-6-13(15)3-2-11(14)9-18/h2-7,17-18H,8-9H2,1H3. The topological polar surface area (TPSA) is 79.3 Å². The number of nitrogens with one attached hydrogen (secondary N) is 1. The SMILES string of the molecule is Cc1ccncc1CNS(=O)(=O)c1cc(F)ccc1CO. The van der Waals surface area contributed by atoms with Gasteiger partial charge in [0.25, 0.3) is 0 Å². The molecule has 21 heavy (non-hydrogen) atoms. The van der Waals surface area contributed by atoms with E-state index in [4.69, 9.17) is 0 Å². The Morgan fingerprint density at radius 3 is 2.71 bits per heavy atom. The van der Waals surface area contributed by atoms with Gasteiger partial charge in [-0.05, 0) is 41.8 Å². The van der Waals surface area contributed by atoms with Gasteiger partial charge in [0.2, 0.25) is 10.0 Å². The summed E-state index contributed by atoms with van der Waals surface area (Å²) < 4.78 is 40.1. The summed E-state index contributed by atoms with van der Waals surface area (Å²) in [7, 11) is -3.92. The molecule has 0 aliphatic rings. The number of nitrogens with zero attached hydrogens (tertiary/aromatic N) is 1. The molecule has 0 bridgehead atoms. The van der Waals surface area contributed by atoms with Gasteiger partial charge in [-0.25, -0.2) is 17.5 Å². The second-order valence-electron chi connectivity index (χ2n) is 4.54. The number of hydrogen-bond donors (Lipinski definition) is 2. The number of aliphatic hydroxyl groups excluding tert-OH is 1. The molecular weight excluding hydrogens is 295 g/mol. The predicted molar refractivity (Wildman–Crippen MR) is 75.3 cm³/mol. The maximum Gasteiger partial charge on any atom is 0.241 e. The molecule has 0 fully saturated rings. The third kappa shape index (κ3) is 3.63. The summed E-state index contributed by atoms with van der Waals surface area (Å²) >= 11 is 0. The molecule has 0 atom stereocenters. The molecule has 2 N–H and O–H groups in total. The van der Waals surface area contributed by atoms with Gasteiger partial charge in [0.1, 0.15) is 5.82 Å². The summed E-state index contributed by atoms with van der Waals surface area (Å²) in [5.41, 5.74) is 1.77. The molecule has 0 saturated carbocycles. The first kappa shape index (κ1) is 15.6. The average Bonchev–Trinajstić information content (AvgIpc) is 2.46. The second kappa shape index (κ2) is 6.30. The molecule has 0 amide bonds. The van der Waals surface area contributed by atoms with Crippen LogP contribution in [0.5, 0.6) is 0 Å². The van der Waals surface area contributed by atoms with Crippen molar-refractivity contribution in [1.29, 1.82) is 0 Å². The van der Waals surface area contributed by atoms with E-state index < -0.39 is 22.4 Å². The first-order valence-electron chi connectivity index (χ1n) is 6.22. The van der Waals surface area contributed by atoms with Gasteiger partial charge >= 0.3 is 0 Å². The minimum absolute atomic E-state index is 0.0450. The Labute approximate surface area is 122 Å². The first-order valence-corrected chi connectivity index (χ1v) is 7.71. The number of rotatable bonds is 5. The third-order valence-electron chi connectivity index (χ3n) is 3.09. The van der Waals surface area contributed by atoms with Crippen molar-refractivity contribution in [3.8, 4) is 0 Å². The van der Waals surface area contributed by atoms with Crippen LogP contribution in [0.3, 0.4) is 0 Å². The lowest BCUT2D eigenvalue weighted by molar-refractivity contribution is 0.278. The Morgan fingerprint density at radius 1 is 1.29 bits per heavy atom. The van der Waals surface area contributed by atoms with Gasteiger partial charge in [-0.2, -0.15) is 0 Å². The van der Waals surface area contributed by atoms with E-state index in [2.05, 4.69) is 9.71 Å². The highest BCUT2D eigenvalue weighted by molar-refractivity contribution is 7.89. The molecule has 0 aliphatic carbocycles. The molecule has 0 unspecified atom stereocenters. The monoisotopic (exact) mass is 310 g/mol. The number of hydrogen-bond acceptors (Lipinski definition) is 4. The number of aliphatic hydroxyl groups is 1. The largest absolute Gasteiger partial charge is 0.392 e. The third-order valence-corrected chi connectivity index (χ3v) is 4.57. The van der Waals surface area contributed by atoms with E-state index in [1.165, 1.54) is 6.07 Å². The van der Waals surface area contributed by atoms with Gasteiger partial charge in [-0.3, -0.25) is 4.98 Å². The number of aromatic nitrogens is 1. The summed E-state index contributed by atoms with van der Waals surface area (Å²) in [6, 6.07) is 5.02. The van der Waals surface area contributed by atoms with Crippen LogP contribution in [0.15, 0.2) is 41.6 Å². The van der Waals surface area contributed by atoms with E-state index in [1.807, 2.05) is 6.92 Å². The summed E-state index contributed by atoms with van der Waals surface area (Å²) in [6.45, 7) is 1.40.